The van der Waals surface area contributed by atoms with Gasteiger partial charge < -0.3 is 15.7 Å². The minimum Gasteiger partial charge on any atom is -0.480 e. The predicted octanol–water partition coefficient (Wildman–Crippen LogP) is 1.02. The van der Waals surface area contributed by atoms with Crippen molar-refractivity contribution in [1.29, 1.82) is 0 Å². The largest absolute Gasteiger partial charge is 0.480 e. The quantitative estimate of drug-likeness (QED) is 0.623. The standard InChI is InChI=1S/C16H19FN2O4/c1-3-6-13(16(22)23)19-15(21)14(18-10(2)20)9-11-7-4-5-8-12(11)17/h3-5,7-8,13-14H,1,6,9H2,2H3,(H,18,20)(H,19,21)(H,22,23)/t13-,14+/m1/s1. The van der Waals surface area contributed by atoms with Crippen LogP contribution in [-0.4, -0.2) is 35.0 Å². The predicted molar refractivity (Wildman–Crippen MR) is 82.1 cm³/mol. The average Bonchev–Trinajstić information content (AvgIpc) is 2.47. The summed E-state index contributed by atoms with van der Waals surface area (Å²) in [6, 6.07) is 3.63. The lowest BCUT2D eigenvalue weighted by Crippen LogP contribution is -2.52. The molecule has 0 aromatic heterocycles. The van der Waals surface area contributed by atoms with Crippen molar-refractivity contribution in [3.05, 3.63) is 48.3 Å². The van der Waals surface area contributed by atoms with Gasteiger partial charge in [-0.25, -0.2) is 9.18 Å². The maximum absolute atomic E-state index is 13.7. The number of aliphatic carboxylic acids is 1. The van der Waals surface area contributed by atoms with Crippen molar-refractivity contribution in [2.45, 2.75) is 31.8 Å². The van der Waals surface area contributed by atoms with Gasteiger partial charge in [0, 0.05) is 13.3 Å². The summed E-state index contributed by atoms with van der Waals surface area (Å²) in [5.41, 5.74) is 0.247. The number of rotatable bonds is 8. The first-order chi connectivity index (χ1) is 10.8. The number of carboxylic acid groups (broad SMARTS) is 1. The zero-order chi connectivity index (χ0) is 17.4. The van der Waals surface area contributed by atoms with Crippen LogP contribution < -0.4 is 10.6 Å². The molecule has 0 aliphatic rings. The molecule has 1 aromatic rings. The summed E-state index contributed by atoms with van der Waals surface area (Å²) in [4.78, 5) is 34.6. The summed E-state index contributed by atoms with van der Waals surface area (Å²) >= 11 is 0. The molecule has 7 heteroatoms. The van der Waals surface area contributed by atoms with Gasteiger partial charge in [0.2, 0.25) is 11.8 Å². The van der Waals surface area contributed by atoms with E-state index in [2.05, 4.69) is 17.2 Å². The number of nitrogens with one attached hydrogen (secondary N) is 2. The van der Waals surface area contributed by atoms with E-state index < -0.39 is 35.7 Å². The number of hydrogen-bond donors (Lipinski definition) is 3. The Labute approximate surface area is 133 Å². The maximum atomic E-state index is 13.7. The third-order valence-electron chi connectivity index (χ3n) is 3.09. The summed E-state index contributed by atoms with van der Waals surface area (Å²) in [5.74, 6) is -2.89. The molecule has 0 spiro atoms. The lowest BCUT2D eigenvalue weighted by Gasteiger charge is -2.20. The lowest BCUT2D eigenvalue weighted by molar-refractivity contribution is -0.142. The van der Waals surface area contributed by atoms with Crippen LogP contribution >= 0.6 is 0 Å². The topological polar surface area (TPSA) is 95.5 Å². The first kappa shape index (κ1) is 18.3. The monoisotopic (exact) mass is 322 g/mol. The maximum Gasteiger partial charge on any atom is 0.326 e. The van der Waals surface area contributed by atoms with Gasteiger partial charge in [0.05, 0.1) is 0 Å². The molecule has 0 aliphatic carbocycles. The molecule has 2 amide bonds. The molecule has 0 radical (unpaired) electrons. The van der Waals surface area contributed by atoms with Gasteiger partial charge in [0.15, 0.2) is 0 Å². The Morgan fingerprint density at radius 1 is 1.26 bits per heavy atom. The number of carbonyl (C=O) groups excluding carboxylic acids is 2. The zero-order valence-electron chi connectivity index (χ0n) is 12.7. The molecule has 0 bridgehead atoms. The minimum absolute atomic E-state index is 0.0353. The summed E-state index contributed by atoms with van der Waals surface area (Å²) in [6.45, 7) is 4.65. The molecule has 2 atom stereocenters. The minimum atomic E-state index is -1.22. The highest BCUT2D eigenvalue weighted by Crippen LogP contribution is 2.10. The molecule has 0 fully saturated rings. The second kappa shape index (κ2) is 8.67. The molecule has 0 unspecified atom stereocenters. The van der Waals surface area contributed by atoms with Crippen molar-refractivity contribution in [3.63, 3.8) is 0 Å². The van der Waals surface area contributed by atoms with E-state index in [1.54, 1.807) is 6.07 Å². The van der Waals surface area contributed by atoms with E-state index in [4.69, 9.17) is 5.11 Å². The smallest absolute Gasteiger partial charge is 0.326 e. The van der Waals surface area contributed by atoms with Crippen molar-refractivity contribution < 1.29 is 23.9 Å². The Hall–Kier alpha value is -2.70. The zero-order valence-corrected chi connectivity index (χ0v) is 12.7. The lowest BCUT2D eigenvalue weighted by atomic mass is 10.0. The van der Waals surface area contributed by atoms with E-state index in [0.717, 1.165) is 0 Å². The van der Waals surface area contributed by atoms with Gasteiger partial charge in [-0.3, -0.25) is 9.59 Å². The van der Waals surface area contributed by atoms with E-state index in [0.29, 0.717) is 0 Å². The molecule has 6 nitrogen and oxygen atoms in total. The van der Waals surface area contributed by atoms with E-state index in [1.165, 1.54) is 31.2 Å². The third kappa shape index (κ3) is 5.90. The number of halogens is 1. The summed E-state index contributed by atoms with van der Waals surface area (Å²) < 4.78 is 13.7. The van der Waals surface area contributed by atoms with Crippen LogP contribution in [0.5, 0.6) is 0 Å². The molecule has 124 valence electrons. The second-order valence-corrected chi connectivity index (χ2v) is 4.97. The SMILES string of the molecule is C=CC[C@@H](NC(=O)[C@H](Cc1ccccc1F)NC(C)=O)C(=O)O. The van der Waals surface area contributed by atoms with Gasteiger partial charge in [0.25, 0.3) is 0 Å². The van der Waals surface area contributed by atoms with Gasteiger partial charge in [-0.2, -0.15) is 0 Å². The van der Waals surface area contributed by atoms with Crippen molar-refractivity contribution in [2.24, 2.45) is 0 Å². The molecule has 0 aliphatic heterocycles. The number of carboxylic acids is 1. The van der Waals surface area contributed by atoms with Gasteiger partial charge in [-0.1, -0.05) is 24.3 Å². The number of hydrogen-bond acceptors (Lipinski definition) is 3. The molecule has 1 rings (SSSR count). The van der Waals surface area contributed by atoms with Crippen LogP contribution in [0.15, 0.2) is 36.9 Å². The number of amides is 2. The first-order valence-corrected chi connectivity index (χ1v) is 6.99. The van der Waals surface area contributed by atoms with Gasteiger partial charge in [-0.05, 0) is 18.1 Å². The summed E-state index contributed by atoms with van der Waals surface area (Å²) in [5, 5.41) is 13.8. The van der Waals surface area contributed by atoms with Crippen LogP contribution in [0, 0.1) is 5.82 Å². The van der Waals surface area contributed by atoms with Crippen LogP contribution in [0.1, 0.15) is 18.9 Å². The summed E-state index contributed by atoms with van der Waals surface area (Å²) in [6.07, 6.45) is 1.31. The van der Waals surface area contributed by atoms with Gasteiger partial charge in [0.1, 0.15) is 17.9 Å². The van der Waals surface area contributed by atoms with Gasteiger partial charge in [-0.15, -0.1) is 6.58 Å². The van der Waals surface area contributed by atoms with E-state index in [1.807, 2.05) is 0 Å². The van der Waals surface area contributed by atoms with E-state index in [-0.39, 0.29) is 18.4 Å². The first-order valence-electron chi connectivity index (χ1n) is 6.99. The molecule has 3 N–H and O–H groups in total. The third-order valence-corrected chi connectivity index (χ3v) is 3.09. The highest BCUT2D eigenvalue weighted by molar-refractivity contribution is 5.90. The molecule has 1 aromatic carbocycles. The fourth-order valence-electron chi connectivity index (χ4n) is 2.00. The van der Waals surface area contributed by atoms with Crippen molar-refractivity contribution in [3.8, 4) is 0 Å². The Kier molecular flexibility index (Phi) is 6.92. The van der Waals surface area contributed by atoms with Crippen LogP contribution in [0.25, 0.3) is 0 Å². The fourth-order valence-corrected chi connectivity index (χ4v) is 2.00. The Bertz CT molecular complexity index is 603. The Morgan fingerprint density at radius 3 is 2.43 bits per heavy atom. The molecule has 0 saturated carbocycles. The Morgan fingerprint density at radius 2 is 1.91 bits per heavy atom. The van der Waals surface area contributed by atoms with E-state index >= 15 is 0 Å². The molecule has 23 heavy (non-hydrogen) atoms. The van der Waals surface area contributed by atoms with Crippen LogP contribution in [0.3, 0.4) is 0 Å². The van der Waals surface area contributed by atoms with E-state index in [9.17, 15) is 18.8 Å². The molecular weight excluding hydrogens is 303 g/mol. The van der Waals surface area contributed by atoms with Crippen LogP contribution in [-0.2, 0) is 20.8 Å². The number of carbonyl (C=O) groups is 3. The van der Waals surface area contributed by atoms with Crippen molar-refractivity contribution in [2.75, 3.05) is 0 Å². The normalized spacial score (nSPS) is 12.8. The molecule has 0 heterocycles. The van der Waals surface area contributed by atoms with Gasteiger partial charge >= 0.3 is 5.97 Å². The fraction of sp³-hybridized carbons (Fsp3) is 0.312. The van der Waals surface area contributed by atoms with Crippen molar-refractivity contribution >= 4 is 17.8 Å². The Balaban J connectivity index is 2.90. The second-order valence-electron chi connectivity index (χ2n) is 4.97. The van der Waals surface area contributed by atoms with Crippen LogP contribution in [0.2, 0.25) is 0 Å². The average molecular weight is 322 g/mol. The molecule has 0 saturated heterocycles. The van der Waals surface area contributed by atoms with Crippen LogP contribution in [0.4, 0.5) is 4.39 Å². The highest BCUT2D eigenvalue weighted by atomic mass is 19.1. The number of benzene rings is 1. The highest BCUT2D eigenvalue weighted by Gasteiger charge is 2.26. The van der Waals surface area contributed by atoms with Crippen molar-refractivity contribution in [1.82, 2.24) is 10.6 Å². The summed E-state index contributed by atoms with van der Waals surface area (Å²) in [7, 11) is 0. The molecular formula is C16H19FN2O4.